The predicted molar refractivity (Wildman–Crippen MR) is 121 cm³/mol. The molecule has 7 nitrogen and oxygen atoms in total. The minimum atomic E-state index is -3.82. The van der Waals surface area contributed by atoms with Crippen molar-refractivity contribution >= 4 is 27.3 Å². The topological polar surface area (TPSA) is 90.5 Å². The Balaban J connectivity index is 1.89. The van der Waals surface area contributed by atoms with Gasteiger partial charge in [-0.1, -0.05) is 36.8 Å². The number of anilines is 2. The van der Waals surface area contributed by atoms with E-state index in [-0.39, 0.29) is 24.5 Å². The monoisotopic (exact) mass is 430 g/mol. The summed E-state index contributed by atoms with van der Waals surface area (Å²) < 4.78 is 28.4. The highest BCUT2D eigenvalue weighted by atomic mass is 32.2. The number of benzene rings is 2. The second-order valence-corrected chi connectivity index (χ2v) is 9.83. The van der Waals surface area contributed by atoms with E-state index in [9.17, 15) is 13.2 Å². The van der Waals surface area contributed by atoms with E-state index in [0.29, 0.717) is 11.4 Å². The molecule has 3 N–H and O–H groups in total. The molecule has 1 heterocycles. The van der Waals surface area contributed by atoms with Crippen LogP contribution in [-0.2, 0) is 21.2 Å². The molecule has 1 fully saturated rings. The molecule has 2 aromatic carbocycles. The minimum Gasteiger partial charge on any atom is -0.325 e. The molecule has 0 bridgehead atoms. The summed E-state index contributed by atoms with van der Waals surface area (Å²) in [5.74, 6) is -0.383. The first-order valence-corrected chi connectivity index (χ1v) is 11.7. The second-order valence-electron chi connectivity index (χ2n) is 7.82. The van der Waals surface area contributed by atoms with Gasteiger partial charge in [-0.2, -0.15) is 0 Å². The fourth-order valence-electron chi connectivity index (χ4n) is 3.76. The molecule has 0 aliphatic carbocycles. The summed E-state index contributed by atoms with van der Waals surface area (Å²) in [5.41, 5.74) is 9.23. The quantitative estimate of drug-likeness (QED) is 0.628. The van der Waals surface area contributed by atoms with E-state index in [1.165, 1.54) is 4.31 Å². The Bertz CT molecular complexity index is 982. The highest BCUT2D eigenvalue weighted by Gasteiger charge is 2.44. The van der Waals surface area contributed by atoms with Gasteiger partial charge in [0.05, 0.1) is 5.69 Å². The first kappa shape index (κ1) is 22.3. The normalized spacial score (nSPS) is 21.4. The number of carbonyl (C=O) groups excluding carboxylic acids is 1. The van der Waals surface area contributed by atoms with Crippen molar-refractivity contribution < 1.29 is 13.2 Å². The number of hydrogen-bond donors (Lipinski definition) is 3. The van der Waals surface area contributed by atoms with Crippen LogP contribution in [-0.4, -0.2) is 38.2 Å². The van der Waals surface area contributed by atoms with Crippen molar-refractivity contribution in [2.24, 2.45) is 0 Å². The van der Waals surface area contributed by atoms with Gasteiger partial charge in [0.1, 0.15) is 11.8 Å². The number of amides is 1. The fourth-order valence-corrected chi connectivity index (χ4v) is 5.94. The zero-order valence-electron chi connectivity index (χ0n) is 17.8. The third-order valence-corrected chi connectivity index (χ3v) is 7.86. The molecule has 30 heavy (non-hydrogen) atoms. The van der Waals surface area contributed by atoms with Crippen LogP contribution >= 0.6 is 0 Å². The van der Waals surface area contributed by atoms with Crippen LogP contribution in [0.5, 0.6) is 0 Å². The lowest BCUT2D eigenvalue weighted by atomic mass is 10.1. The summed E-state index contributed by atoms with van der Waals surface area (Å²) in [6.07, 6.45) is 0.852. The maximum atomic E-state index is 13.6. The van der Waals surface area contributed by atoms with Gasteiger partial charge in [-0.3, -0.25) is 20.0 Å². The molecule has 2 aromatic rings. The van der Waals surface area contributed by atoms with Gasteiger partial charge in [0.25, 0.3) is 0 Å². The summed E-state index contributed by atoms with van der Waals surface area (Å²) in [4.78, 5) is 12.8. The Morgan fingerprint density at radius 1 is 1.07 bits per heavy atom. The lowest BCUT2D eigenvalue weighted by Gasteiger charge is -2.30. The Kier molecular flexibility index (Phi) is 6.80. The maximum absolute atomic E-state index is 13.6. The molecular formula is C22H30N4O3S. The van der Waals surface area contributed by atoms with Crippen LogP contribution in [0.2, 0.25) is 0 Å². The molecular weight excluding hydrogens is 400 g/mol. The molecule has 162 valence electrons. The van der Waals surface area contributed by atoms with E-state index in [1.807, 2.05) is 58.0 Å². The summed E-state index contributed by atoms with van der Waals surface area (Å²) in [7, 11) is -3.82. The Hall–Kier alpha value is -2.42. The molecule has 1 aliphatic rings. The van der Waals surface area contributed by atoms with Gasteiger partial charge >= 0.3 is 0 Å². The molecule has 3 rings (SSSR count). The van der Waals surface area contributed by atoms with Crippen molar-refractivity contribution in [3.63, 3.8) is 0 Å². The number of sulfonamides is 1. The molecule has 8 heteroatoms. The van der Waals surface area contributed by atoms with Crippen LogP contribution in [0.3, 0.4) is 0 Å². The van der Waals surface area contributed by atoms with Crippen molar-refractivity contribution in [2.45, 2.75) is 51.4 Å². The number of carbonyl (C=O) groups is 1. The van der Waals surface area contributed by atoms with Crippen LogP contribution in [0.1, 0.15) is 31.9 Å². The van der Waals surface area contributed by atoms with Crippen molar-refractivity contribution in [3.05, 3.63) is 59.7 Å². The van der Waals surface area contributed by atoms with Gasteiger partial charge in [0.15, 0.2) is 0 Å². The van der Waals surface area contributed by atoms with Gasteiger partial charge in [-0.15, -0.1) is 0 Å². The Morgan fingerprint density at radius 3 is 2.30 bits per heavy atom. The standard InChI is InChI=1S/C22H30N4O3S/c1-5-18-7-6-8-19(13-18)23-21(27)14-26(20-11-9-15(2)10-12-20)30(28,29)22-16(3)24-25-17(22)4/h6-13,16-17,22,24-25H,5,14H2,1-4H3,(H,23,27). The number of rotatable bonds is 7. The van der Waals surface area contributed by atoms with Gasteiger partial charge in [0, 0.05) is 17.8 Å². The van der Waals surface area contributed by atoms with Gasteiger partial charge in [0.2, 0.25) is 15.9 Å². The van der Waals surface area contributed by atoms with E-state index >= 15 is 0 Å². The van der Waals surface area contributed by atoms with Crippen LogP contribution in [0.15, 0.2) is 48.5 Å². The highest BCUT2D eigenvalue weighted by Crippen LogP contribution is 2.26. The number of hydrazine groups is 1. The van der Waals surface area contributed by atoms with E-state index < -0.39 is 15.3 Å². The lowest BCUT2D eigenvalue weighted by Crippen LogP contribution is -2.49. The third-order valence-electron chi connectivity index (χ3n) is 5.40. The third kappa shape index (κ3) is 4.83. The predicted octanol–water partition coefficient (Wildman–Crippen LogP) is 2.59. The van der Waals surface area contributed by atoms with Gasteiger partial charge in [-0.05, 0) is 57.0 Å². The van der Waals surface area contributed by atoms with Gasteiger partial charge in [-0.25, -0.2) is 8.42 Å². The largest absolute Gasteiger partial charge is 0.325 e. The van der Waals surface area contributed by atoms with Crippen LogP contribution < -0.4 is 20.5 Å². The van der Waals surface area contributed by atoms with Gasteiger partial charge < -0.3 is 5.32 Å². The minimum absolute atomic E-state index is 0.290. The average molecular weight is 431 g/mol. The highest BCUT2D eigenvalue weighted by molar-refractivity contribution is 7.93. The van der Waals surface area contributed by atoms with Crippen molar-refractivity contribution in [1.82, 2.24) is 10.9 Å². The van der Waals surface area contributed by atoms with Crippen LogP contribution in [0, 0.1) is 6.92 Å². The zero-order valence-corrected chi connectivity index (χ0v) is 18.7. The van der Waals surface area contributed by atoms with Crippen LogP contribution in [0.25, 0.3) is 0 Å². The van der Waals surface area contributed by atoms with E-state index in [0.717, 1.165) is 17.5 Å². The van der Waals surface area contributed by atoms with E-state index in [4.69, 9.17) is 0 Å². The molecule has 0 aromatic heterocycles. The SMILES string of the molecule is CCc1cccc(NC(=O)CN(c2ccc(C)cc2)S(=O)(=O)C2C(C)NNC2C)c1. The number of nitrogens with one attached hydrogen (secondary N) is 3. The van der Waals surface area contributed by atoms with Crippen molar-refractivity contribution in [3.8, 4) is 0 Å². The molecule has 1 aliphatic heterocycles. The second kappa shape index (κ2) is 9.16. The summed E-state index contributed by atoms with van der Waals surface area (Å²) in [5, 5.41) is 2.14. The lowest BCUT2D eigenvalue weighted by molar-refractivity contribution is -0.114. The summed E-state index contributed by atoms with van der Waals surface area (Å²) in [6, 6.07) is 14.2. The average Bonchev–Trinajstić information content (AvgIpc) is 3.06. The molecule has 2 atom stereocenters. The molecule has 1 saturated heterocycles. The van der Waals surface area contributed by atoms with E-state index in [2.05, 4.69) is 16.2 Å². The smallest absolute Gasteiger partial charge is 0.245 e. The van der Waals surface area contributed by atoms with Crippen molar-refractivity contribution in [2.75, 3.05) is 16.2 Å². The zero-order chi connectivity index (χ0) is 21.9. The molecule has 2 unspecified atom stereocenters. The van der Waals surface area contributed by atoms with Crippen LogP contribution in [0.4, 0.5) is 11.4 Å². The number of hydrogen-bond acceptors (Lipinski definition) is 5. The number of aryl methyl sites for hydroxylation is 2. The maximum Gasteiger partial charge on any atom is 0.245 e. The fraction of sp³-hybridized carbons (Fsp3) is 0.409. The first-order valence-electron chi connectivity index (χ1n) is 10.2. The Morgan fingerprint density at radius 2 is 1.70 bits per heavy atom. The van der Waals surface area contributed by atoms with E-state index in [1.54, 1.807) is 18.2 Å². The number of nitrogens with zero attached hydrogens (tertiary/aromatic N) is 1. The molecule has 0 spiro atoms. The molecule has 1 amide bonds. The summed E-state index contributed by atoms with van der Waals surface area (Å²) in [6.45, 7) is 7.33. The molecule has 0 radical (unpaired) electrons. The Labute approximate surface area is 178 Å². The molecule has 0 saturated carbocycles. The first-order chi connectivity index (χ1) is 14.2. The van der Waals surface area contributed by atoms with Crippen molar-refractivity contribution in [1.29, 1.82) is 0 Å². The summed E-state index contributed by atoms with van der Waals surface area (Å²) >= 11 is 0.